The average Bonchev–Trinajstić information content (AvgIpc) is 3.01. The van der Waals surface area contributed by atoms with Gasteiger partial charge >= 0.3 is 17.9 Å². The van der Waals surface area contributed by atoms with Crippen LogP contribution in [-0.2, 0) is 19.1 Å². The van der Waals surface area contributed by atoms with Gasteiger partial charge in [0.05, 0.1) is 18.8 Å². The third-order valence-electron chi connectivity index (χ3n) is 5.87. The Labute approximate surface area is 244 Å². The van der Waals surface area contributed by atoms with Gasteiger partial charge < -0.3 is 23.7 Å². The van der Waals surface area contributed by atoms with E-state index < -0.39 is 23.7 Å². The van der Waals surface area contributed by atoms with E-state index >= 15 is 0 Å². The third kappa shape index (κ3) is 10.9. The van der Waals surface area contributed by atoms with E-state index in [9.17, 15) is 18.8 Å². The summed E-state index contributed by atoms with van der Waals surface area (Å²) in [4.78, 5) is 34.6. The average molecular weight is 577 g/mol. The zero-order valence-electron chi connectivity index (χ0n) is 23.2. The maximum atomic E-state index is 12.6. The monoisotopic (exact) mass is 576 g/mol. The van der Waals surface area contributed by atoms with Gasteiger partial charge in [-0.25, -0.2) is 14.4 Å². The first-order valence-electron chi connectivity index (χ1n) is 13.4. The van der Waals surface area contributed by atoms with E-state index in [0.717, 1.165) is 42.9 Å². The van der Waals surface area contributed by atoms with Crippen LogP contribution in [0, 0.1) is 0 Å². The van der Waals surface area contributed by atoms with E-state index in [2.05, 4.69) is 17.9 Å². The van der Waals surface area contributed by atoms with Gasteiger partial charge in [0.1, 0.15) is 30.5 Å². The first-order valence-corrected chi connectivity index (χ1v) is 13.4. The minimum absolute atomic E-state index is 0.0768. The lowest BCUT2D eigenvalue weighted by molar-refractivity contribution is -0.141. The Morgan fingerprint density at radius 3 is 1.74 bits per heavy atom. The topological polar surface area (TPSA) is 97.4 Å². The minimum Gasteiger partial charge on any atom is -0.494 e. The van der Waals surface area contributed by atoms with Gasteiger partial charge in [0.25, 0.3) is 0 Å². The number of ether oxygens (including phenoxy) is 5. The molecule has 0 bridgehead atoms. The molecule has 0 atom stereocenters. The highest BCUT2D eigenvalue weighted by Crippen LogP contribution is 2.25. The van der Waals surface area contributed by atoms with E-state index in [4.69, 9.17) is 18.9 Å². The molecule has 0 heterocycles. The molecule has 0 radical (unpaired) electrons. The van der Waals surface area contributed by atoms with Crippen LogP contribution >= 0.6 is 0 Å². The fourth-order valence-electron chi connectivity index (χ4n) is 3.66. The fourth-order valence-corrected chi connectivity index (χ4v) is 3.66. The highest BCUT2D eigenvalue weighted by Gasteiger charge is 2.10. The van der Waals surface area contributed by atoms with Crippen molar-refractivity contribution in [2.45, 2.75) is 25.7 Å². The normalized spacial score (nSPS) is 10.3. The van der Waals surface area contributed by atoms with Gasteiger partial charge in [-0.15, -0.1) is 0 Å². The number of esters is 3. The Balaban J connectivity index is 1.38. The van der Waals surface area contributed by atoms with Gasteiger partial charge in [-0.3, -0.25) is 0 Å². The molecule has 8 nitrogen and oxygen atoms in total. The van der Waals surface area contributed by atoms with Crippen molar-refractivity contribution in [3.05, 3.63) is 103 Å². The zero-order valence-corrected chi connectivity index (χ0v) is 23.2. The van der Waals surface area contributed by atoms with Crippen LogP contribution < -0.4 is 14.2 Å². The number of carbonyl (C=O) groups is 3. The van der Waals surface area contributed by atoms with Gasteiger partial charge in [-0.05, 0) is 85.3 Å². The number of hydrogen-bond acceptors (Lipinski definition) is 8. The molecule has 0 amide bonds. The quantitative estimate of drug-likeness (QED) is 0.0763. The lowest BCUT2D eigenvalue weighted by Crippen LogP contribution is -2.12. The second kappa shape index (κ2) is 17.0. The number of unbranched alkanes of at least 4 members (excludes halogenated alkanes) is 3. The van der Waals surface area contributed by atoms with Crippen molar-refractivity contribution >= 4 is 17.9 Å². The molecule has 0 fully saturated rings. The number of halogens is 1. The molecular formula is C33H33FO8. The van der Waals surface area contributed by atoms with Crippen molar-refractivity contribution in [1.82, 2.24) is 0 Å². The molecule has 0 aliphatic rings. The summed E-state index contributed by atoms with van der Waals surface area (Å²) in [5.41, 5.74) is 2.24. The van der Waals surface area contributed by atoms with E-state index in [1.54, 1.807) is 48.5 Å². The molecule has 0 N–H and O–H groups in total. The summed E-state index contributed by atoms with van der Waals surface area (Å²) in [6.07, 6.45) is 4.71. The predicted octanol–water partition coefficient (Wildman–Crippen LogP) is 6.65. The Hall–Kier alpha value is -4.92. The largest absolute Gasteiger partial charge is 0.494 e. The lowest BCUT2D eigenvalue weighted by atomic mass is 10.1. The van der Waals surface area contributed by atoms with Crippen molar-refractivity contribution in [2.75, 3.05) is 26.4 Å². The Morgan fingerprint density at radius 2 is 1.17 bits per heavy atom. The summed E-state index contributed by atoms with van der Waals surface area (Å²) in [5, 5.41) is 0. The smallest absolute Gasteiger partial charge is 0.366 e. The van der Waals surface area contributed by atoms with Crippen LogP contribution in [-0.4, -0.2) is 44.3 Å². The summed E-state index contributed by atoms with van der Waals surface area (Å²) >= 11 is 0. The molecule has 0 aliphatic heterocycles. The zero-order chi connectivity index (χ0) is 30.2. The number of benzene rings is 3. The second-order valence-electron chi connectivity index (χ2n) is 8.99. The minimum atomic E-state index is -1.15. The van der Waals surface area contributed by atoms with Crippen molar-refractivity contribution in [1.29, 1.82) is 0 Å². The molecule has 220 valence electrons. The van der Waals surface area contributed by atoms with Gasteiger partial charge in [-0.2, -0.15) is 4.39 Å². The molecule has 3 aromatic rings. The van der Waals surface area contributed by atoms with Crippen LogP contribution in [0.5, 0.6) is 17.2 Å². The van der Waals surface area contributed by atoms with Crippen molar-refractivity contribution < 1.29 is 42.5 Å². The molecule has 0 unspecified atom stereocenters. The number of rotatable bonds is 17. The van der Waals surface area contributed by atoms with E-state index in [0.29, 0.717) is 36.0 Å². The molecule has 0 aromatic heterocycles. The molecule has 42 heavy (non-hydrogen) atoms. The highest BCUT2D eigenvalue weighted by atomic mass is 19.1. The van der Waals surface area contributed by atoms with Crippen molar-refractivity contribution in [2.24, 2.45) is 0 Å². The lowest BCUT2D eigenvalue weighted by Gasteiger charge is -2.09. The van der Waals surface area contributed by atoms with Crippen molar-refractivity contribution in [3.8, 4) is 28.4 Å². The predicted molar refractivity (Wildman–Crippen MR) is 155 cm³/mol. The summed E-state index contributed by atoms with van der Waals surface area (Å²) in [7, 11) is 0. The Bertz CT molecular complexity index is 1330. The van der Waals surface area contributed by atoms with Crippen LogP contribution in [0.3, 0.4) is 0 Å². The fraction of sp³-hybridized carbons (Fsp3) is 0.242. The van der Waals surface area contributed by atoms with Crippen molar-refractivity contribution in [3.63, 3.8) is 0 Å². The third-order valence-corrected chi connectivity index (χ3v) is 5.87. The highest BCUT2D eigenvalue weighted by molar-refractivity contribution is 5.91. The Morgan fingerprint density at radius 1 is 0.643 bits per heavy atom. The van der Waals surface area contributed by atoms with Crippen LogP contribution in [0.2, 0.25) is 0 Å². The first-order chi connectivity index (χ1) is 20.4. The van der Waals surface area contributed by atoms with Gasteiger partial charge in [0.15, 0.2) is 0 Å². The van der Waals surface area contributed by atoms with Crippen LogP contribution in [0.1, 0.15) is 36.0 Å². The first kappa shape index (κ1) is 31.6. The molecule has 0 saturated heterocycles. The summed E-state index contributed by atoms with van der Waals surface area (Å²) in [5.74, 6) is -1.49. The summed E-state index contributed by atoms with van der Waals surface area (Å²) in [6, 6.07) is 21.1. The van der Waals surface area contributed by atoms with E-state index in [-0.39, 0.29) is 13.2 Å². The van der Waals surface area contributed by atoms with Crippen LogP contribution in [0.4, 0.5) is 4.39 Å². The maximum Gasteiger partial charge on any atom is 0.366 e. The van der Waals surface area contributed by atoms with Gasteiger partial charge in [0, 0.05) is 6.08 Å². The SMILES string of the molecule is C=CC(=O)OCCCCCCOc1ccc(C(=O)Oc2ccc(-c3ccc(OCCOC(=O)C(=C)F)cc3)cc2)cc1. The molecule has 3 rings (SSSR count). The molecule has 0 saturated carbocycles. The van der Waals surface area contributed by atoms with Gasteiger partial charge in [-0.1, -0.05) is 37.4 Å². The van der Waals surface area contributed by atoms with Crippen LogP contribution in [0.25, 0.3) is 11.1 Å². The molecule has 0 aliphatic carbocycles. The summed E-state index contributed by atoms with van der Waals surface area (Å²) < 4.78 is 38.9. The number of hydrogen-bond donors (Lipinski definition) is 0. The second-order valence-corrected chi connectivity index (χ2v) is 8.99. The van der Waals surface area contributed by atoms with Gasteiger partial charge in [0.2, 0.25) is 5.83 Å². The molecule has 3 aromatic carbocycles. The Kier molecular flexibility index (Phi) is 12.8. The molecular weight excluding hydrogens is 543 g/mol. The van der Waals surface area contributed by atoms with E-state index in [1.807, 2.05) is 24.3 Å². The van der Waals surface area contributed by atoms with Crippen LogP contribution in [0.15, 0.2) is 97.9 Å². The summed E-state index contributed by atoms with van der Waals surface area (Å²) in [6.45, 7) is 7.15. The standard InChI is InChI=1S/C33H33FO8/c1-3-31(35)40-21-7-5-4-6-20-38-28-16-12-27(13-17-28)33(37)42-30-18-10-26(11-19-30)25-8-14-29(15-9-25)39-22-23-41-32(36)24(2)34/h3,8-19H,1-2,4-7,20-23H2. The molecule has 0 spiro atoms. The maximum absolute atomic E-state index is 12.6. The van der Waals surface area contributed by atoms with E-state index in [1.165, 1.54) is 0 Å². The molecule has 9 heteroatoms. The number of carbonyl (C=O) groups excluding carboxylic acids is 3.